The van der Waals surface area contributed by atoms with Crippen molar-refractivity contribution in [1.82, 2.24) is 4.90 Å². The zero-order valence-corrected chi connectivity index (χ0v) is 14.8. The number of piperazine rings is 1. The highest BCUT2D eigenvalue weighted by Crippen LogP contribution is 2.30. The van der Waals surface area contributed by atoms with Gasteiger partial charge in [-0.1, -0.05) is 6.07 Å². The Balaban J connectivity index is 1.32. The van der Waals surface area contributed by atoms with Gasteiger partial charge in [0.1, 0.15) is 0 Å². The number of hydrogen-bond acceptors (Lipinski definition) is 4. The van der Waals surface area contributed by atoms with Crippen LogP contribution in [0.4, 0.5) is 11.4 Å². The van der Waals surface area contributed by atoms with E-state index in [9.17, 15) is 9.59 Å². The monoisotopic (exact) mass is 355 g/mol. The van der Waals surface area contributed by atoms with Crippen molar-refractivity contribution in [3.8, 4) is 0 Å². The maximum absolute atomic E-state index is 12.4. The third-order valence-corrected chi connectivity index (χ3v) is 5.60. The molecule has 1 N–H and O–H groups in total. The number of thiophene rings is 1. The van der Waals surface area contributed by atoms with Crippen LogP contribution in [0.15, 0.2) is 41.8 Å². The van der Waals surface area contributed by atoms with Crippen LogP contribution in [0, 0.1) is 5.92 Å². The summed E-state index contributed by atoms with van der Waals surface area (Å²) < 4.78 is 0. The number of carbonyl (C=O) groups is 2. The highest BCUT2D eigenvalue weighted by Gasteiger charge is 2.29. The van der Waals surface area contributed by atoms with Gasteiger partial charge in [0.15, 0.2) is 0 Å². The van der Waals surface area contributed by atoms with Gasteiger partial charge in [-0.25, -0.2) is 0 Å². The second kappa shape index (κ2) is 6.88. The molecule has 4 rings (SSSR count). The van der Waals surface area contributed by atoms with Gasteiger partial charge in [0.25, 0.3) is 5.91 Å². The SMILES string of the molecule is O=C(Nc1ccc(N2CCN(C(=O)c3cccs3)CC2)cc1)C1CC1. The fraction of sp³-hybridized carbons (Fsp3) is 0.368. The quantitative estimate of drug-likeness (QED) is 0.917. The van der Waals surface area contributed by atoms with Crippen molar-refractivity contribution in [2.45, 2.75) is 12.8 Å². The van der Waals surface area contributed by atoms with Crippen molar-refractivity contribution >= 4 is 34.5 Å². The van der Waals surface area contributed by atoms with Crippen LogP contribution in [0.1, 0.15) is 22.5 Å². The van der Waals surface area contributed by atoms with E-state index >= 15 is 0 Å². The van der Waals surface area contributed by atoms with Gasteiger partial charge in [-0.15, -0.1) is 11.3 Å². The van der Waals surface area contributed by atoms with Gasteiger partial charge in [0.05, 0.1) is 4.88 Å². The van der Waals surface area contributed by atoms with Crippen LogP contribution in [0.25, 0.3) is 0 Å². The van der Waals surface area contributed by atoms with Gasteiger partial charge in [-0.05, 0) is 48.6 Å². The number of nitrogens with one attached hydrogen (secondary N) is 1. The van der Waals surface area contributed by atoms with Gasteiger partial charge < -0.3 is 15.1 Å². The Bertz CT molecular complexity index is 745. The second-order valence-corrected chi connectivity index (χ2v) is 7.51. The average Bonchev–Trinajstić information content (AvgIpc) is 3.37. The molecule has 130 valence electrons. The first-order valence-electron chi connectivity index (χ1n) is 8.69. The molecule has 2 aliphatic rings. The number of hydrogen-bond donors (Lipinski definition) is 1. The van der Waals surface area contributed by atoms with Crippen LogP contribution in [0.3, 0.4) is 0 Å². The largest absolute Gasteiger partial charge is 0.368 e. The van der Waals surface area contributed by atoms with E-state index in [2.05, 4.69) is 10.2 Å². The molecule has 5 nitrogen and oxygen atoms in total. The third-order valence-electron chi connectivity index (χ3n) is 4.75. The second-order valence-electron chi connectivity index (χ2n) is 6.57. The minimum Gasteiger partial charge on any atom is -0.368 e. The summed E-state index contributed by atoms with van der Waals surface area (Å²) in [5.74, 6) is 0.481. The molecule has 25 heavy (non-hydrogen) atoms. The molecule has 2 fully saturated rings. The molecule has 2 heterocycles. The molecule has 1 aliphatic carbocycles. The molecule has 6 heteroatoms. The molecule has 1 saturated carbocycles. The maximum atomic E-state index is 12.4. The lowest BCUT2D eigenvalue weighted by molar-refractivity contribution is -0.117. The van der Waals surface area contributed by atoms with Gasteiger partial charge in [0.2, 0.25) is 5.91 Å². The van der Waals surface area contributed by atoms with E-state index in [4.69, 9.17) is 0 Å². The number of rotatable bonds is 4. The Morgan fingerprint density at radius 3 is 2.32 bits per heavy atom. The third kappa shape index (κ3) is 3.69. The van der Waals surface area contributed by atoms with Crippen LogP contribution in [-0.4, -0.2) is 42.9 Å². The zero-order chi connectivity index (χ0) is 17.2. The molecule has 1 aromatic heterocycles. The summed E-state index contributed by atoms with van der Waals surface area (Å²) in [5, 5.41) is 4.90. The fourth-order valence-electron chi connectivity index (χ4n) is 3.07. The molecule has 0 bridgehead atoms. The van der Waals surface area contributed by atoms with Crippen molar-refractivity contribution in [2.24, 2.45) is 5.92 Å². The summed E-state index contributed by atoms with van der Waals surface area (Å²) in [6, 6.07) is 11.8. The molecule has 0 radical (unpaired) electrons. The number of anilines is 2. The highest BCUT2D eigenvalue weighted by molar-refractivity contribution is 7.12. The lowest BCUT2D eigenvalue weighted by Gasteiger charge is -2.36. The standard InChI is InChI=1S/C19H21N3O2S/c23-18(14-3-4-14)20-15-5-7-16(8-6-15)21-9-11-22(12-10-21)19(24)17-2-1-13-25-17/h1-2,5-8,13-14H,3-4,9-12H2,(H,20,23). The molecule has 0 spiro atoms. The summed E-state index contributed by atoms with van der Waals surface area (Å²) in [5.41, 5.74) is 1.99. The van der Waals surface area contributed by atoms with E-state index in [0.717, 1.165) is 55.3 Å². The fourth-order valence-corrected chi connectivity index (χ4v) is 3.76. The molecule has 1 aliphatic heterocycles. The zero-order valence-electron chi connectivity index (χ0n) is 14.0. The molecule has 2 amide bonds. The highest BCUT2D eigenvalue weighted by atomic mass is 32.1. The lowest BCUT2D eigenvalue weighted by Crippen LogP contribution is -2.48. The van der Waals surface area contributed by atoms with Crippen LogP contribution < -0.4 is 10.2 Å². The maximum Gasteiger partial charge on any atom is 0.264 e. The predicted molar refractivity (Wildman–Crippen MR) is 100 cm³/mol. The van der Waals surface area contributed by atoms with E-state index in [1.54, 1.807) is 0 Å². The number of amides is 2. The van der Waals surface area contributed by atoms with E-state index in [-0.39, 0.29) is 17.7 Å². The normalized spacial score (nSPS) is 17.4. The van der Waals surface area contributed by atoms with E-state index in [1.165, 1.54) is 11.3 Å². The Morgan fingerprint density at radius 2 is 1.72 bits per heavy atom. The van der Waals surface area contributed by atoms with Crippen molar-refractivity contribution in [2.75, 3.05) is 36.4 Å². The summed E-state index contributed by atoms with van der Waals surface area (Å²) in [4.78, 5) is 29.2. The Hall–Kier alpha value is -2.34. The molecular weight excluding hydrogens is 334 g/mol. The van der Waals surface area contributed by atoms with Gasteiger partial charge in [-0.2, -0.15) is 0 Å². The van der Waals surface area contributed by atoms with Crippen molar-refractivity contribution in [3.63, 3.8) is 0 Å². The first-order valence-corrected chi connectivity index (χ1v) is 9.57. The van der Waals surface area contributed by atoms with Crippen molar-refractivity contribution < 1.29 is 9.59 Å². The number of carbonyl (C=O) groups excluding carboxylic acids is 2. The molecule has 2 aromatic rings. The molecule has 0 unspecified atom stereocenters. The Kier molecular flexibility index (Phi) is 4.44. The first kappa shape index (κ1) is 16.1. The summed E-state index contributed by atoms with van der Waals surface area (Å²) in [7, 11) is 0. The lowest BCUT2D eigenvalue weighted by atomic mass is 10.2. The Morgan fingerprint density at radius 1 is 1.00 bits per heavy atom. The summed E-state index contributed by atoms with van der Waals surface area (Å²) in [6.07, 6.45) is 2.02. The van der Waals surface area contributed by atoms with Gasteiger partial charge in [0, 0.05) is 43.5 Å². The van der Waals surface area contributed by atoms with Crippen LogP contribution in [0.5, 0.6) is 0 Å². The van der Waals surface area contributed by atoms with E-state index in [0.29, 0.717) is 0 Å². The summed E-state index contributed by atoms with van der Waals surface area (Å²) in [6.45, 7) is 3.11. The average molecular weight is 355 g/mol. The number of nitrogens with zero attached hydrogens (tertiary/aromatic N) is 2. The topological polar surface area (TPSA) is 52.7 Å². The van der Waals surface area contributed by atoms with Gasteiger partial charge in [-0.3, -0.25) is 9.59 Å². The van der Waals surface area contributed by atoms with Crippen molar-refractivity contribution in [1.29, 1.82) is 0 Å². The predicted octanol–water partition coefficient (Wildman–Crippen LogP) is 3.06. The molecule has 1 saturated heterocycles. The smallest absolute Gasteiger partial charge is 0.264 e. The summed E-state index contributed by atoms with van der Waals surface area (Å²) >= 11 is 1.50. The minimum atomic E-state index is 0.132. The molecule has 0 atom stereocenters. The van der Waals surface area contributed by atoms with Gasteiger partial charge >= 0.3 is 0 Å². The van der Waals surface area contributed by atoms with E-state index in [1.807, 2.05) is 46.7 Å². The first-order chi connectivity index (χ1) is 12.2. The minimum absolute atomic E-state index is 0.132. The van der Waals surface area contributed by atoms with E-state index < -0.39 is 0 Å². The molecule has 1 aromatic carbocycles. The van der Waals surface area contributed by atoms with Crippen LogP contribution in [-0.2, 0) is 4.79 Å². The van der Waals surface area contributed by atoms with Crippen molar-refractivity contribution in [3.05, 3.63) is 46.7 Å². The van der Waals surface area contributed by atoms with Crippen LogP contribution >= 0.6 is 11.3 Å². The Labute approximate surface area is 151 Å². The number of benzene rings is 1. The van der Waals surface area contributed by atoms with Crippen LogP contribution in [0.2, 0.25) is 0 Å². The molecular formula is C19H21N3O2S.